The van der Waals surface area contributed by atoms with Crippen molar-refractivity contribution in [2.24, 2.45) is 16.7 Å². The topological polar surface area (TPSA) is 20.2 Å². The lowest BCUT2D eigenvalue weighted by molar-refractivity contribution is 0.0739. The second-order valence-corrected chi connectivity index (χ2v) is 5.69. The molecule has 3 aliphatic rings. The first-order chi connectivity index (χ1) is 6.66. The molecule has 0 amide bonds. The van der Waals surface area contributed by atoms with Gasteiger partial charge in [0.05, 0.1) is 6.10 Å². The summed E-state index contributed by atoms with van der Waals surface area (Å²) in [6.45, 7) is 4.50. The molecular weight excluding hydrogens is 172 g/mol. The van der Waals surface area contributed by atoms with E-state index < -0.39 is 0 Å². The Hall–Kier alpha value is -0.300. The molecule has 0 heterocycles. The molecule has 0 aromatic heterocycles. The predicted molar refractivity (Wildman–Crippen MR) is 56.9 cm³/mol. The van der Waals surface area contributed by atoms with Crippen molar-refractivity contribution in [3.05, 3.63) is 11.6 Å². The zero-order valence-electron chi connectivity index (χ0n) is 9.21. The molecule has 3 rings (SSSR count). The molecule has 0 bridgehead atoms. The molecule has 0 aliphatic heterocycles. The molecule has 2 fully saturated rings. The van der Waals surface area contributed by atoms with E-state index in [-0.39, 0.29) is 6.10 Å². The number of allylic oxidation sites excluding steroid dienone is 1. The van der Waals surface area contributed by atoms with E-state index in [0.29, 0.717) is 16.7 Å². The summed E-state index contributed by atoms with van der Waals surface area (Å²) in [7, 11) is 0. The van der Waals surface area contributed by atoms with Crippen molar-refractivity contribution in [2.75, 3.05) is 0 Å². The Labute approximate surface area is 86.2 Å². The van der Waals surface area contributed by atoms with Gasteiger partial charge in [-0.05, 0) is 26.2 Å². The highest BCUT2D eigenvalue weighted by Gasteiger charge is 2.87. The lowest BCUT2D eigenvalue weighted by Gasteiger charge is -2.25. The first-order valence-corrected chi connectivity index (χ1v) is 6.03. The second kappa shape index (κ2) is 2.44. The first kappa shape index (κ1) is 8.96. The molecule has 2 unspecified atom stereocenters. The number of unbranched alkanes of at least 4 members (excludes halogenated alkanes) is 1. The van der Waals surface area contributed by atoms with Gasteiger partial charge >= 0.3 is 0 Å². The van der Waals surface area contributed by atoms with E-state index in [1.165, 1.54) is 32.1 Å². The first-order valence-electron chi connectivity index (χ1n) is 6.03. The maximum atomic E-state index is 10.3. The van der Waals surface area contributed by atoms with Crippen LogP contribution in [0.4, 0.5) is 0 Å². The van der Waals surface area contributed by atoms with Crippen molar-refractivity contribution in [1.82, 2.24) is 0 Å². The molecule has 1 nitrogen and oxygen atoms in total. The van der Waals surface area contributed by atoms with Crippen molar-refractivity contribution in [3.63, 3.8) is 0 Å². The Balaban J connectivity index is 1.78. The van der Waals surface area contributed by atoms with Crippen molar-refractivity contribution in [2.45, 2.75) is 52.1 Å². The zero-order chi connectivity index (χ0) is 9.97. The van der Waals surface area contributed by atoms with Crippen LogP contribution in [0.1, 0.15) is 46.0 Å². The van der Waals surface area contributed by atoms with E-state index in [0.717, 1.165) is 0 Å². The lowest BCUT2D eigenvalue weighted by atomic mass is 9.85. The van der Waals surface area contributed by atoms with E-state index in [1.807, 2.05) is 0 Å². The molecule has 0 aromatic rings. The fourth-order valence-corrected chi connectivity index (χ4v) is 3.76. The Morgan fingerprint density at radius 3 is 2.86 bits per heavy atom. The molecule has 0 spiro atoms. The smallest absolute Gasteiger partial charge is 0.0668 e. The average molecular weight is 192 g/mol. The van der Waals surface area contributed by atoms with E-state index >= 15 is 0 Å². The van der Waals surface area contributed by atoms with E-state index in [9.17, 15) is 5.11 Å². The standard InChI is InChI=1S/C13H20O/c1-3-4-5-10-6-9(2)12-7-13(12,8-12)11(10)14/h6,10-11,14H,3-5,7-8H2,1-2H3. The van der Waals surface area contributed by atoms with Gasteiger partial charge in [0.15, 0.2) is 0 Å². The third-order valence-corrected chi connectivity index (χ3v) is 5.02. The molecule has 3 aliphatic carbocycles. The quantitative estimate of drug-likeness (QED) is 0.682. The Morgan fingerprint density at radius 1 is 1.50 bits per heavy atom. The van der Waals surface area contributed by atoms with Gasteiger partial charge in [0.25, 0.3) is 0 Å². The highest BCUT2D eigenvalue weighted by molar-refractivity contribution is 5.48. The van der Waals surface area contributed by atoms with E-state index in [2.05, 4.69) is 19.9 Å². The molecule has 0 aromatic carbocycles. The number of aliphatic hydroxyl groups excluding tert-OH is 1. The van der Waals surface area contributed by atoms with Gasteiger partial charge in [-0.3, -0.25) is 0 Å². The summed E-state index contributed by atoms with van der Waals surface area (Å²) in [5.74, 6) is 0.466. The van der Waals surface area contributed by atoms with Crippen molar-refractivity contribution in [1.29, 1.82) is 0 Å². The minimum Gasteiger partial charge on any atom is -0.392 e. The molecular formula is C13H20O. The maximum absolute atomic E-state index is 10.3. The second-order valence-electron chi connectivity index (χ2n) is 5.69. The summed E-state index contributed by atoms with van der Waals surface area (Å²) in [5.41, 5.74) is 2.48. The number of hydrogen-bond donors (Lipinski definition) is 1. The fourth-order valence-electron chi connectivity index (χ4n) is 3.76. The maximum Gasteiger partial charge on any atom is 0.0668 e. The highest BCUT2D eigenvalue weighted by atomic mass is 16.3. The third kappa shape index (κ3) is 0.809. The fraction of sp³-hybridized carbons (Fsp3) is 0.846. The van der Waals surface area contributed by atoms with Crippen LogP contribution in [0.3, 0.4) is 0 Å². The molecule has 0 saturated heterocycles. The summed E-state index contributed by atoms with van der Waals surface area (Å²) < 4.78 is 0. The number of rotatable bonds is 3. The number of hydrogen-bond acceptors (Lipinski definition) is 1. The summed E-state index contributed by atoms with van der Waals surface area (Å²) in [5, 5.41) is 10.3. The van der Waals surface area contributed by atoms with Gasteiger partial charge in [-0.1, -0.05) is 31.4 Å². The SMILES string of the molecule is CCCCC1C=C(C)C23CC2(C3)C1O. The van der Waals surface area contributed by atoms with E-state index in [1.54, 1.807) is 5.57 Å². The Kier molecular flexibility index (Phi) is 1.56. The van der Waals surface area contributed by atoms with Crippen molar-refractivity contribution < 1.29 is 5.11 Å². The van der Waals surface area contributed by atoms with Gasteiger partial charge in [-0.25, -0.2) is 0 Å². The van der Waals surface area contributed by atoms with Crippen LogP contribution in [0.25, 0.3) is 0 Å². The van der Waals surface area contributed by atoms with Gasteiger partial charge in [-0.15, -0.1) is 0 Å². The van der Waals surface area contributed by atoms with Crippen LogP contribution in [0.15, 0.2) is 11.6 Å². The van der Waals surface area contributed by atoms with Crippen LogP contribution in [0.2, 0.25) is 0 Å². The predicted octanol–water partition coefficient (Wildman–Crippen LogP) is 2.89. The van der Waals surface area contributed by atoms with Gasteiger partial charge in [0, 0.05) is 16.7 Å². The van der Waals surface area contributed by atoms with Crippen LogP contribution in [0.5, 0.6) is 0 Å². The van der Waals surface area contributed by atoms with Crippen LogP contribution >= 0.6 is 0 Å². The minimum absolute atomic E-state index is 0.0160. The summed E-state index contributed by atoms with van der Waals surface area (Å²) >= 11 is 0. The van der Waals surface area contributed by atoms with E-state index in [4.69, 9.17) is 0 Å². The lowest BCUT2D eigenvalue weighted by Crippen LogP contribution is -2.26. The molecule has 2 saturated carbocycles. The van der Waals surface area contributed by atoms with Gasteiger partial charge in [0.1, 0.15) is 0 Å². The molecule has 1 heteroatoms. The molecule has 1 N–H and O–H groups in total. The summed E-state index contributed by atoms with van der Waals surface area (Å²) in [6, 6.07) is 0. The molecule has 2 atom stereocenters. The molecule has 14 heavy (non-hydrogen) atoms. The third-order valence-electron chi connectivity index (χ3n) is 5.02. The van der Waals surface area contributed by atoms with Crippen molar-refractivity contribution in [3.8, 4) is 0 Å². The van der Waals surface area contributed by atoms with Gasteiger partial charge in [-0.2, -0.15) is 0 Å². The molecule has 78 valence electrons. The monoisotopic (exact) mass is 192 g/mol. The Morgan fingerprint density at radius 2 is 2.21 bits per heavy atom. The summed E-state index contributed by atoms with van der Waals surface area (Å²) in [6.07, 6.45) is 8.62. The van der Waals surface area contributed by atoms with Crippen LogP contribution in [-0.2, 0) is 0 Å². The largest absolute Gasteiger partial charge is 0.392 e. The van der Waals surface area contributed by atoms with Crippen LogP contribution < -0.4 is 0 Å². The minimum atomic E-state index is -0.0160. The van der Waals surface area contributed by atoms with Crippen LogP contribution in [-0.4, -0.2) is 11.2 Å². The normalized spacial score (nSPS) is 53.2. The van der Waals surface area contributed by atoms with Gasteiger partial charge < -0.3 is 5.11 Å². The number of aliphatic hydroxyl groups is 1. The highest BCUT2D eigenvalue weighted by Crippen LogP contribution is 2.92. The summed E-state index contributed by atoms with van der Waals surface area (Å²) in [4.78, 5) is 0. The van der Waals surface area contributed by atoms with Gasteiger partial charge in [0.2, 0.25) is 0 Å². The zero-order valence-corrected chi connectivity index (χ0v) is 9.21. The van der Waals surface area contributed by atoms with Crippen molar-refractivity contribution >= 4 is 0 Å². The average Bonchev–Trinajstić information content (AvgIpc) is 2.94. The Bertz CT molecular complexity index is 296. The van der Waals surface area contributed by atoms with Crippen LogP contribution in [0, 0.1) is 16.7 Å². The molecule has 0 radical (unpaired) electrons.